The molecule has 0 aromatic carbocycles. The highest BCUT2D eigenvalue weighted by molar-refractivity contribution is 6.07. The lowest BCUT2D eigenvalue weighted by atomic mass is 10.00. The van der Waals surface area contributed by atoms with Gasteiger partial charge in [-0.05, 0) is 38.5 Å². The molecule has 0 radical (unpaired) electrons. The number of rotatable bonds is 5. The number of hydrogen-bond acceptors (Lipinski definition) is 5. The quantitative estimate of drug-likeness (QED) is 0.670. The number of nitrogens with one attached hydrogen (secondary N) is 1. The van der Waals surface area contributed by atoms with Gasteiger partial charge in [-0.25, -0.2) is 4.79 Å². The Morgan fingerprint density at radius 2 is 1.96 bits per heavy atom. The van der Waals surface area contributed by atoms with E-state index in [4.69, 9.17) is 9.15 Å². The van der Waals surface area contributed by atoms with Crippen LogP contribution in [0.15, 0.2) is 22.8 Å². The summed E-state index contributed by atoms with van der Waals surface area (Å²) in [7, 11) is 2.81. The van der Waals surface area contributed by atoms with E-state index in [9.17, 15) is 14.4 Å². The molecule has 7 nitrogen and oxygen atoms in total. The monoisotopic (exact) mass is 332 g/mol. The van der Waals surface area contributed by atoms with Gasteiger partial charge in [0.2, 0.25) is 0 Å². The van der Waals surface area contributed by atoms with Crippen molar-refractivity contribution in [1.82, 2.24) is 9.88 Å². The van der Waals surface area contributed by atoms with Crippen molar-refractivity contribution < 1.29 is 23.5 Å². The molecule has 2 rings (SSSR count). The van der Waals surface area contributed by atoms with Gasteiger partial charge in [-0.3, -0.25) is 9.59 Å². The fraction of sp³-hybridized carbons (Fsp3) is 0.353. The Morgan fingerprint density at radius 3 is 2.50 bits per heavy atom. The van der Waals surface area contributed by atoms with Crippen LogP contribution in [0.25, 0.3) is 0 Å². The van der Waals surface area contributed by atoms with E-state index in [1.165, 1.54) is 31.4 Å². The molecule has 0 spiro atoms. The predicted molar refractivity (Wildman–Crippen MR) is 86.2 cm³/mol. The first kappa shape index (κ1) is 17.5. The number of ether oxygens (including phenoxy) is 1. The van der Waals surface area contributed by atoms with Crippen molar-refractivity contribution in [3.8, 4) is 0 Å². The lowest BCUT2D eigenvalue weighted by Gasteiger charge is -2.23. The minimum atomic E-state index is -0.721. The predicted octanol–water partition coefficient (Wildman–Crippen LogP) is 2.35. The van der Waals surface area contributed by atoms with Crippen LogP contribution in [0, 0.1) is 13.8 Å². The number of esters is 1. The summed E-state index contributed by atoms with van der Waals surface area (Å²) in [5.74, 6) is -1.03. The molecule has 0 unspecified atom stereocenters. The summed E-state index contributed by atoms with van der Waals surface area (Å²) in [6, 6.07) is 2.43. The van der Waals surface area contributed by atoms with Crippen molar-refractivity contribution >= 4 is 17.7 Å². The molecule has 128 valence electrons. The summed E-state index contributed by atoms with van der Waals surface area (Å²) in [5, 5.41) is 0. The van der Waals surface area contributed by atoms with Gasteiger partial charge in [-0.1, -0.05) is 0 Å². The van der Waals surface area contributed by atoms with Crippen LogP contribution in [0.2, 0.25) is 0 Å². The van der Waals surface area contributed by atoms with Gasteiger partial charge in [-0.2, -0.15) is 0 Å². The maximum Gasteiger partial charge on any atom is 0.354 e. The van der Waals surface area contributed by atoms with Crippen molar-refractivity contribution in [2.24, 2.45) is 0 Å². The molecular weight excluding hydrogens is 312 g/mol. The highest BCUT2D eigenvalue weighted by Gasteiger charge is 2.30. The van der Waals surface area contributed by atoms with Crippen LogP contribution in [0.4, 0.5) is 0 Å². The number of aromatic nitrogens is 1. The summed E-state index contributed by atoms with van der Waals surface area (Å²) in [4.78, 5) is 41.1. The maximum atomic E-state index is 12.8. The number of aryl methyl sites for hydroxylation is 1. The smallest absolute Gasteiger partial charge is 0.354 e. The minimum absolute atomic E-state index is 0.162. The zero-order valence-corrected chi connectivity index (χ0v) is 14.3. The van der Waals surface area contributed by atoms with Gasteiger partial charge < -0.3 is 19.0 Å². The van der Waals surface area contributed by atoms with Crippen LogP contribution in [0.1, 0.15) is 49.6 Å². The van der Waals surface area contributed by atoms with Crippen molar-refractivity contribution in [2.75, 3.05) is 14.2 Å². The lowest BCUT2D eigenvalue weighted by molar-refractivity contribution is 0.0593. The first-order chi connectivity index (χ1) is 11.3. The molecule has 2 aromatic heterocycles. The molecule has 0 aliphatic rings. The highest BCUT2D eigenvalue weighted by atomic mass is 16.5. The second-order valence-electron chi connectivity index (χ2n) is 5.55. The van der Waals surface area contributed by atoms with Gasteiger partial charge in [0.25, 0.3) is 5.91 Å². The van der Waals surface area contributed by atoms with E-state index in [1.54, 1.807) is 26.8 Å². The van der Waals surface area contributed by atoms with Crippen LogP contribution in [0.3, 0.4) is 0 Å². The van der Waals surface area contributed by atoms with Crippen molar-refractivity contribution in [1.29, 1.82) is 0 Å². The SMILES string of the molecule is COC(=O)c1[nH]c(C)c(C(=O)[C@@H](C)N(C)C(=O)c2ccco2)c1C. The Labute approximate surface area is 139 Å². The van der Waals surface area contributed by atoms with Crippen molar-refractivity contribution in [3.05, 3.63) is 46.7 Å². The van der Waals surface area contributed by atoms with Gasteiger partial charge in [0.15, 0.2) is 11.5 Å². The number of hydrogen-bond donors (Lipinski definition) is 1. The zero-order chi connectivity index (χ0) is 18.0. The Bertz CT molecular complexity index is 773. The van der Waals surface area contributed by atoms with Crippen LogP contribution in [-0.2, 0) is 4.74 Å². The van der Waals surface area contributed by atoms with E-state index in [2.05, 4.69) is 4.98 Å². The summed E-state index contributed by atoms with van der Waals surface area (Å²) >= 11 is 0. The molecule has 2 aromatic rings. The fourth-order valence-electron chi connectivity index (χ4n) is 2.56. The van der Waals surface area contributed by atoms with E-state index in [0.29, 0.717) is 16.8 Å². The standard InChI is InChI=1S/C17H20N2O5/c1-9-13(10(2)18-14(9)17(22)23-5)15(20)11(3)19(4)16(21)12-7-6-8-24-12/h6-8,11,18H,1-5H3/t11-/m1/s1. The molecule has 0 aliphatic heterocycles. The molecule has 0 bridgehead atoms. The molecule has 0 saturated carbocycles. The number of H-pyrrole nitrogens is 1. The zero-order valence-electron chi connectivity index (χ0n) is 14.3. The topological polar surface area (TPSA) is 92.6 Å². The summed E-state index contributed by atoms with van der Waals surface area (Å²) in [6.07, 6.45) is 1.40. The average molecular weight is 332 g/mol. The number of Topliss-reactive ketones (excluding diaryl/α,β-unsaturated/α-hetero) is 1. The summed E-state index contributed by atoms with van der Waals surface area (Å²) in [5.41, 5.74) is 1.70. The number of likely N-dealkylation sites (N-methyl/N-ethyl adjacent to an activating group) is 1. The van der Waals surface area contributed by atoms with E-state index in [-0.39, 0.29) is 23.1 Å². The van der Waals surface area contributed by atoms with Crippen molar-refractivity contribution in [3.63, 3.8) is 0 Å². The largest absolute Gasteiger partial charge is 0.464 e. The van der Waals surface area contributed by atoms with Crippen LogP contribution >= 0.6 is 0 Å². The molecule has 1 amide bonds. The third kappa shape index (κ3) is 2.97. The molecule has 1 N–H and O–H groups in total. The number of ketones is 1. The molecule has 24 heavy (non-hydrogen) atoms. The van der Waals surface area contributed by atoms with E-state index >= 15 is 0 Å². The molecule has 0 fully saturated rings. The number of amides is 1. The number of carbonyl (C=O) groups excluding carboxylic acids is 3. The summed E-state index contributed by atoms with van der Waals surface area (Å²) < 4.78 is 9.78. The normalized spacial score (nSPS) is 11.9. The molecule has 0 aliphatic carbocycles. The van der Waals surface area contributed by atoms with Gasteiger partial charge in [0.1, 0.15) is 5.69 Å². The maximum absolute atomic E-state index is 12.8. The van der Waals surface area contributed by atoms with E-state index in [0.717, 1.165) is 0 Å². The van der Waals surface area contributed by atoms with Crippen LogP contribution in [0.5, 0.6) is 0 Å². The molecule has 7 heteroatoms. The first-order valence-corrected chi connectivity index (χ1v) is 7.41. The number of methoxy groups -OCH3 is 1. The van der Waals surface area contributed by atoms with E-state index < -0.39 is 12.0 Å². The average Bonchev–Trinajstić information content (AvgIpc) is 3.20. The van der Waals surface area contributed by atoms with E-state index in [1.807, 2.05) is 0 Å². The molecule has 2 heterocycles. The Morgan fingerprint density at radius 1 is 1.29 bits per heavy atom. The summed E-state index contributed by atoms with van der Waals surface area (Å²) in [6.45, 7) is 5.00. The van der Waals surface area contributed by atoms with Gasteiger partial charge in [0.05, 0.1) is 19.4 Å². The minimum Gasteiger partial charge on any atom is -0.464 e. The fourth-order valence-corrected chi connectivity index (χ4v) is 2.56. The molecule has 0 saturated heterocycles. The molecular formula is C17H20N2O5. The number of nitrogens with zero attached hydrogens (tertiary/aromatic N) is 1. The Balaban J connectivity index is 2.30. The third-order valence-corrected chi connectivity index (χ3v) is 4.09. The van der Waals surface area contributed by atoms with Crippen molar-refractivity contribution in [2.45, 2.75) is 26.8 Å². The lowest BCUT2D eigenvalue weighted by Crippen LogP contribution is -2.40. The molecule has 1 atom stereocenters. The highest BCUT2D eigenvalue weighted by Crippen LogP contribution is 2.22. The second-order valence-corrected chi connectivity index (χ2v) is 5.55. The Kier molecular flexibility index (Phi) is 4.92. The number of aromatic amines is 1. The van der Waals surface area contributed by atoms with Gasteiger partial charge in [-0.15, -0.1) is 0 Å². The van der Waals surface area contributed by atoms with Crippen LogP contribution < -0.4 is 0 Å². The number of furan rings is 1. The first-order valence-electron chi connectivity index (χ1n) is 7.41. The number of carbonyl (C=O) groups is 3. The Hall–Kier alpha value is -2.83. The van der Waals surface area contributed by atoms with Gasteiger partial charge >= 0.3 is 5.97 Å². The van der Waals surface area contributed by atoms with Gasteiger partial charge in [0, 0.05) is 18.3 Å². The third-order valence-electron chi connectivity index (χ3n) is 4.09. The second kappa shape index (κ2) is 6.74. The van der Waals surface area contributed by atoms with Crippen LogP contribution in [-0.4, -0.2) is 47.7 Å².